The Morgan fingerprint density at radius 3 is 2.32 bits per heavy atom. The molecule has 2 rings (SSSR count). The van der Waals surface area contributed by atoms with Gasteiger partial charge in [-0.2, -0.15) is 0 Å². The number of hydrogen-bond acceptors (Lipinski definition) is 3. The number of amides is 1. The van der Waals surface area contributed by atoms with Gasteiger partial charge in [-0.25, -0.2) is 0 Å². The maximum Gasteiger partial charge on any atom is 0.276 e. The van der Waals surface area contributed by atoms with Crippen molar-refractivity contribution >= 4 is 23.2 Å². The predicted octanol–water partition coefficient (Wildman–Crippen LogP) is 2.80. The van der Waals surface area contributed by atoms with E-state index < -0.39 is 0 Å². The first-order valence-electron chi connectivity index (χ1n) is 7.80. The molecule has 25 heavy (non-hydrogen) atoms. The van der Waals surface area contributed by atoms with Crippen molar-refractivity contribution in [2.45, 2.75) is 6.92 Å². The van der Waals surface area contributed by atoms with Crippen LogP contribution >= 0.6 is 12.2 Å². The largest absolute Gasteiger partial charge is 0.484 e. The van der Waals surface area contributed by atoms with Crippen LogP contribution in [-0.4, -0.2) is 24.2 Å². The second kappa shape index (κ2) is 9.44. The molecule has 0 saturated heterocycles. The van der Waals surface area contributed by atoms with Crippen LogP contribution in [0.15, 0.2) is 66.7 Å². The van der Waals surface area contributed by atoms with E-state index in [1.54, 1.807) is 0 Å². The quantitative estimate of drug-likeness (QED) is 0.423. The molecule has 0 heterocycles. The zero-order chi connectivity index (χ0) is 18.1. The summed E-state index contributed by atoms with van der Waals surface area (Å²) in [5.74, 6) is 0.296. The zero-order valence-electron chi connectivity index (χ0n) is 14.0. The fourth-order valence-corrected chi connectivity index (χ4v) is 2.08. The van der Waals surface area contributed by atoms with Crippen LogP contribution in [0.25, 0.3) is 11.1 Å². The highest BCUT2D eigenvalue weighted by atomic mass is 32.1. The van der Waals surface area contributed by atoms with Gasteiger partial charge in [-0.3, -0.25) is 15.6 Å². The second-order valence-electron chi connectivity index (χ2n) is 5.49. The lowest BCUT2D eigenvalue weighted by molar-refractivity contribution is -0.123. The Hall–Kier alpha value is -2.86. The molecule has 0 aliphatic carbocycles. The van der Waals surface area contributed by atoms with Gasteiger partial charge in [0, 0.05) is 6.54 Å². The smallest absolute Gasteiger partial charge is 0.276 e. The monoisotopic (exact) mass is 355 g/mol. The number of rotatable bonds is 6. The number of carbonyl (C=O) groups excluding carboxylic acids is 1. The van der Waals surface area contributed by atoms with Gasteiger partial charge in [0.05, 0.1) is 0 Å². The van der Waals surface area contributed by atoms with E-state index in [2.05, 4.69) is 22.7 Å². The summed E-state index contributed by atoms with van der Waals surface area (Å²) in [6, 6.07) is 17.6. The molecule has 0 aromatic heterocycles. The molecule has 0 atom stereocenters. The highest BCUT2D eigenvalue weighted by molar-refractivity contribution is 7.80. The molecular formula is C19H21N3O2S. The van der Waals surface area contributed by atoms with Crippen LogP contribution < -0.4 is 20.9 Å². The van der Waals surface area contributed by atoms with Crippen molar-refractivity contribution in [3.05, 3.63) is 66.7 Å². The Bertz CT molecular complexity index is 730. The molecule has 130 valence electrons. The molecule has 2 aromatic carbocycles. The first kappa shape index (κ1) is 18.5. The summed E-state index contributed by atoms with van der Waals surface area (Å²) in [7, 11) is 0. The van der Waals surface area contributed by atoms with Crippen LogP contribution in [0.5, 0.6) is 5.75 Å². The molecule has 0 radical (unpaired) electrons. The Kier molecular flexibility index (Phi) is 6.98. The summed E-state index contributed by atoms with van der Waals surface area (Å²) in [6.45, 7) is 6.07. The number of benzene rings is 2. The molecule has 0 spiro atoms. The molecule has 0 saturated carbocycles. The number of ether oxygens (including phenoxy) is 1. The summed E-state index contributed by atoms with van der Waals surface area (Å²) in [4.78, 5) is 11.7. The Morgan fingerprint density at radius 1 is 1.04 bits per heavy atom. The molecular weight excluding hydrogens is 334 g/mol. The number of carbonyl (C=O) groups is 1. The fraction of sp³-hybridized carbons (Fsp3) is 0.158. The molecule has 0 aliphatic rings. The third-order valence-corrected chi connectivity index (χ3v) is 3.44. The van der Waals surface area contributed by atoms with E-state index >= 15 is 0 Å². The van der Waals surface area contributed by atoms with E-state index in [4.69, 9.17) is 17.0 Å². The molecule has 0 aliphatic heterocycles. The van der Waals surface area contributed by atoms with Crippen molar-refractivity contribution in [3.8, 4) is 16.9 Å². The standard InChI is InChI=1S/C19H21N3O2S/c1-14(2)12-20-19(25)22-21-18(23)13-24-17-10-8-16(9-11-17)15-6-4-3-5-7-15/h3-11H,1,12-13H2,2H3,(H,21,23)(H2,20,22,25). The average molecular weight is 355 g/mol. The summed E-state index contributed by atoms with van der Waals surface area (Å²) in [5, 5.41) is 3.22. The van der Waals surface area contributed by atoms with Crippen LogP contribution in [-0.2, 0) is 4.79 Å². The normalized spacial score (nSPS) is 9.80. The molecule has 5 nitrogen and oxygen atoms in total. The van der Waals surface area contributed by atoms with Gasteiger partial charge >= 0.3 is 0 Å². The Balaban J connectivity index is 1.74. The molecule has 0 fully saturated rings. The van der Waals surface area contributed by atoms with Crippen LogP contribution in [0, 0.1) is 0 Å². The van der Waals surface area contributed by atoms with E-state index in [0.29, 0.717) is 17.4 Å². The van der Waals surface area contributed by atoms with Gasteiger partial charge in [-0.1, -0.05) is 54.6 Å². The maximum absolute atomic E-state index is 11.7. The summed E-state index contributed by atoms with van der Waals surface area (Å²) in [5.41, 5.74) is 8.24. The van der Waals surface area contributed by atoms with E-state index in [1.165, 1.54) is 0 Å². The van der Waals surface area contributed by atoms with E-state index in [-0.39, 0.29) is 12.5 Å². The molecule has 0 bridgehead atoms. The van der Waals surface area contributed by atoms with Gasteiger partial charge in [0.25, 0.3) is 5.91 Å². The second-order valence-corrected chi connectivity index (χ2v) is 5.90. The number of thiocarbonyl (C=S) groups is 1. The van der Waals surface area contributed by atoms with Crippen LogP contribution in [0.4, 0.5) is 0 Å². The molecule has 2 aromatic rings. The van der Waals surface area contributed by atoms with Crippen molar-refractivity contribution in [1.29, 1.82) is 0 Å². The van der Waals surface area contributed by atoms with E-state index in [9.17, 15) is 4.79 Å². The molecule has 3 N–H and O–H groups in total. The van der Waals surface area contributed by atoms with Gasteiger partial charge in [0.2, 0.25) is 0 Å². The number of hydrogen-bond donors (Lipinski definition) is 3. The van der Waals surface area contributed by atoms with Crippen LogP contribution in [0.2, 0.25) is 0 Å². The van der Waals surface area contributed by atoms with Gasteiger partial charge < -0.3 is 10.1 Å². The third kappa shape index (κ3) is 6.64. The summed E-state index contributed by atoms with van der Waals surface area (Å²) >= 11 is 5.01. The molecule has 6 heteroatoms. The number of nitrogens with one attached hydrogen (secondary N) is 3. The van der Waals surface area contributed by atoms with Crippen molar-refractivity contribution in [2.75, 3.05) is 13.2 Å². The van der Waals surface area contributed by atoms with E-state index in [0.717, 1.165) is 16.7 Å². The average Bonchev–Trinajstić information content (AvgIpc) is 2.64. The highest BCUT2D eigenvalue weighted by Gasteiger charge is 2.04. The lowest BCUT2D eigenvalue weighted by atomic mass is 10.1. The Labute approximate surface area is 153 Å². The van der Waals surface area contributed by atoms with Crippen molar-refractivity contribution in [1.82, 2.24) is 16.2 Å². The first-order valence-corrected chi connectivity index (χ1v) is 8.21. The fourth-order valence-electron chi connectivity index (χ4n) is 1.96. The number of hydrazine groups is 1. The third-order valence-electron chi connectivity index (χ3n) is 3.20. The summed E-state index contributed by atoms with van der Waals surface area (Å²) in [6.07, 6.45) is 0. The summed E-state index contributed by atoms with van der Waals surface area (Å²) < 4.78 is 5.46. The minimum atomic E-state index is -0.327. The van der Waals surface area contributed by atoms with Crippen LogP contribution in [0.1, 0.15) is 6.92 Å². The first-order chi connectivity index (χ1) is 12.0. The topological polar surface area (TPSA) is 62.4 Å². The van der Waals surface area contributed by atoms with E-state index in [1.807, 2.05) is 61.5 Å². The SMILES string of the molecule is C=C(C)CNC(=S)NNC(=O)COc1ccc(-c2ccccc2)cc1. The Morgan fingerprint density at radius 2 is 1.68 bits per heavy atom. The lowest BCUT2D eigenvalue weighted by Crippen LogP contribution is -2.48. The molecule has 0 unspecified atom stereocenters. The van der Waals surface area contributed by atoms with Gasteiger partial charge in [0.1, 0.15) is 5.75 Å². The zero-order valence-corrected chi connectivity index (χ0v) is 14.9. The molecule has 1 amide bonds. The van der Waals surface area contributed by atoms with Crippen molar-refractivity contribution < 1.29 is 9.53 Å². The van der Waals surface area contributed by atoms with Crippen LogP contribution in [0.3, 0.4) is 0 Å². The van der Waals surface area contributed by atoms with Crippen molar-refractivity contribution in [3.63, 3.8) is 0 Å². The maximum atomic E-state index is 11.7. The lowest BCUT2D eigenvalue weighted by Gasteiger charge is -2.12. The highest BCUT2D eigenvalue weighted by Crippen LogP contribution is 2.21. The minimum Gasteiger partial charge on any atom is -0.484 e. The van der Waals surface area contributed by atoms with Gasteiger partial charge in [-0.05, 0) is 42.4 Å². The van der Waals surface area contributed by atoms with Crippen molar-refractivity contribution in [2.24, 2.45) is 0 Å². The van der Waals surface area contributed by atoms with Gasteiger partial charge in [-0.15, -0.1) is 0 Å². The predicted molar refractivity (Wildman–Crippen MR) is 104 cm³/mol. The van der Waals surface area contributed by atoms with Gasteiger partial charge in [0.15, 0.2) is 11.7 Å². The minimum absolute atomic E-state index is 0.110.